The van der Waals surface area contributed by atoms with Crippen LogP contribution in [0.15, 0.2) is 18.2 Å². The van der Waals surface area contributed by atoms with Crippen molar-refractivity contribution >= 4 is 28.3 Å². The number of imidazole rings is 1. The molecule has 0 saturated heterocycles. The largest absolute Gasteiger partial charge is 0.464 e. The summed E-state index contributed by atoms with van der Waals surface area (Å²) in [7, 11) is 0. The van der Waals surface area contributed by atoms with Crippen LogP contribution < -0.4 is 10.1 Å². The van der Waals surface area contributed by atoms with Gasteiger partial charge in [-0.2, -0.15) is 0 Å². The maximum absolute atomic E-state index is 13.1. The number of aromatic nitrogens is 3. The highest BCUT2D eigenvalue weighted by atomic mass is 32.1. The Morgan fingerprint density at radius 2 is 2.08 bits per heavy atom. The van der Waals surface area contributed by atoms with Crippen LogP contribution in [-0.2, 0) is 13.0 Å². The summed E-state index contributed by atoms with van der Waals surface area (Å²) in [5.41, 5.74) is 3.21. The standard InChI is InChI=1S/C26H33F2N5O2S/c1-16-29-20-5-3-4-19(23(20)30-16)24(34)31-18-8-6-17(7-9-18)10-12-33-13-11-22-21(14-33)32-25(36-22)35-15-26(2,27)28/h3-5,17-18H,6-15H2,1-2H3,(H,29,30)(H,31,34). The number of thiazole rings is 1. The summed E-state index contributed by atoms with van der Waals surface area (Å²) in [5.74, 6) is -1.44. The van der Waals surface area contributed by atoms with E-state index < -0.39 is 12.5 Å². The minimum absolute atomic E-state index is 0.0473. The number of aryl methyl sites for hydroxylation is 1. The minimum atomic E-state index is -2.85. The van der Waals surface area contributed by atoms with Gasteiger partial charge in [-0.15, -0.1) is 0 Å². The molecular weight excluding hydrogens is 484 g/mol. The molecule has 0 unspecified atom stereocenters. The molecule has 2 N–H and O–H groups in total. The number of hydrogen-bond acceptors (Lipinski definition) is 6. The normalized spacial score (nSPS) is 20.9. The summed E-state index contributed by atoms with van der Waals surface area (Å²) in [5, 5.41) is 3.58. The number of para-hydroxylation sites is 1. The first kappa shape index (κ1) is 25.1. The number of halogens is 2. The number of H-pyrrole nitrogens is 1. The highest BCUT2D eigenvalue weighted by Crippen LogP contribution is 2.32. The van der Waals surface area contributed by atoms with Crippen molar-refractivity contribution in [2.45, 2.75) is 70.9 Å². The van der Waals surface area contributed by atoms with E-state index in [2.05, 4.69) is 25.2 Å². The zero-order valence-corrected chi connectivity index (χ0v) is 21.6. The summed E-state index contributed by atoms with van der Waals surface area (Å²) in [6, 6.07) is 5.86. The Bertz CT molecular complexity index is 1210. The number of ether oxygens (including phenoxy) is 1. The number of alkyl halides is 2. The van der Waals surface area contributed by atoms with Crippen molar-refractivity contribution in [3.05, 3.63) is 40.2 Å². The lowest BCUT2D eigenvalue weighted by atomic mass is 9.84. The molecule has 194 valence electrons. The summed E-state index contributed by atoms with van der Waals surface area (Å²) >= 11 is 1.40. The van der Waals surface area contributed by atoms with Crippen LogP contribution >= 0.6 is 11.3 Å². The van der Waals surface area contributed by atoms with Crippen LogP contribution in [0.4, 0.5) is 8.78 Å². The van der Waals surface area contributed by atoms with E-state index in [1.54, 1.807) is 0 Å². The lowest BCUT2D eigenvalue weighted by Gasteiger charge is -2.32. The van der Waals surface area contributed by atoms with Gasteiger partial charge in [0.1, 0.15) is 11.3 Å². The zero-order chi connectivity index (χ0) is 25.3. The number of carbonyl (C=O) groups excluding carboxylic acids is 1. The van der Waals surface area contributed by atoms with Gasteiger partial charge in [-0.05, 0) is 70.0 Å². The molecular formula is C26H33F2N5O2S. The molecule has 0 radical (unpaired) electrons. The quantitative estimate of drug-likeness (QED) is 0.435. The first-order valence-electron chi connectivity index (χ1n) is 12.7. The molecule has 1 saturated carbocycles. The molecule has 1 aromatic carbocycles. The summed E-state index contributed by atoms with van der Waals surface area (Å²) < 4.78 is 31.3. The third kappa shape index (κ3) is 6.03. The molecule has 1 amide bonds. The van der Waals surface area contributed by atoms with E-state index in [4.69, 9.17) is 4.74 Å². The first-order chi connectivity index (χ1) is 17.2. The Balaban J connectivity index is 1.06. The molecule has 7 nitrogen and oxygen atoms in total. The highest BCUT2D eigenvalue weighted by Gasteiger charge is 2.27. The number of carbonyl (C=O) groups is 1. The van der Waals surface area contributed by atoms with Crippen molar-refractivity contribution in [3.8, 4) is 5.19 Å². The molecule has 1 aliphatic heterocycles. The second-order valence-electron chi connectivity index (χ2n) is 10.2. The van der Waals surface area contributed by atoms with Gasteiger partial charge < -0.3 is 15.0 Å². The van der Waals surface area contributed by atoms with Gasteiger partial charge in [-0.1, -0.05) is 17.4 Å². The van der Waals surface area contributed by atoms with Gasteiger partial charge in [0.25, 0.3) is 17.0 Å². The second kappa shape index (κ2) is 10.4. The average Bonchev–Trinajstić information content (AvgIpc) is 3.43. The number of aromatic amines is 1. The number of fused-ring (bicyclic) bond motifs is 2. The van der Waals surface area contributed by atoms with Crippen LogP contribution in [0, 0.1) is 12.8 Å². The van der Waals surface area contributed by atoms with Crippen molar-refractivity contribution in [1.82, 2.24) is 25.2 Å². The predicted molar refractivity (Wildman–Crippen MR) is 136 cm³/mol. The third-order valence-corrected chi connectivity index (χ3v) is 8.22. The van der Waals surface area contributed by atoms with Gasteiger partial charge in [0.05, 0.1) is 16.8 Å². The van der Waals surface area contributed by atoms with Crippen molar-refractivity contribution in [3.63, 3.8) is 0 Å². The SMILES string of the molecule is Cc1nc2c(C(=O)NC3CCC(CCN4CCc5sc(OCC(C)(F)F)nc5C4)CC3)cccc2[nH]1. The second-order valence-corrected chi connectivity index (χ2v) is 11.3. The van der Waals surface area contributed by atoms with Crippen molar-refractivity contribution in [2.24, 2.45) is 5.92 Å². The summed E-state index contributed by atoms with van der Waals surface area (Å²) in [6.07, 6.45) is 6.21. The van der Waals surface area contributed by atoms with Crippen LogP contribution in [0.3, 0.4) is 0 Å². The Hall–Kier alpha value is -2.59. The number of amides is 1. The lowest BCUT2D eigenvalue weighted by Crippen LogP contribution is -2.38. The van der Waals surface area contributed by atoms with Crippen LogP contribution in [0.5, 0.6) is 5.19 Å². The molecule has 1 fully saturated rings. The molecule has 0 atom stereocenters. The molecule has 0 spiro atoms. The van der Waals surface area contributed by atoms with Crippen molar-refractivity contribution < 1.29 is 18.3 Å². The van der Waals surface area contributed by atoms with Crippen LogP contribution in [0.25, 0.3) is 11.0 Å². The Morgan fingerprint density at radius 3 is 2.86 bits per heavy atom. The molecule has 10 heteroatoms. The molecule has 36 heavy (non-hydrogen) atoms. The maximum atomic E-state index is 13.1. The topological polar surface area (TPSA) is 83.1 Å². The van der Waals surface area contributed by atoms with E-state index in [0.717, 1.165) is 92.5 Å². The fraction of sp³-hybridized carbons (Fsp3) is 0.577. The van der Waals surface area contributed by atoms with Crippen molar-refractivity contribution in [2.75, 3.05) is 19.7 Å². The molecule has 1 aliphatic carbocycles. The van der Waals surface area contributed by atoms with Crippen LogP contribution in [0.1, 0.15) is 65.8 Å². The van der Waals surface area contributed by atoms with E-state index in [0.29, 0.717) is 16.7 Å². The van der Waals surface area contributed by atoms with E-state index in [1.807, 2.05) is 25.1 Å². The number of nitrogens with zero attached hydrogens (tertiary/aromatic N) is 3. The van der Waals surface area contributed by atoms with Gasteiger partial charge in [0, 0.05) is 30.9 Å². The minimum Gasteiger partial charge on any atom is -0.464 e. The average molecular weight is 518 g/mol. The van der Waals surface area contributed by atoms with Crippen LogP contribution in [-0.4, -0.2) is 57.4 Å². The fourth-order valence-electron chi connectivity index (χ4n) is 5.23. The number of benzene rings is 1. The van der Waals surface area contributed by atoms with Gasteiger partial charge in [0.2, 0.25) is 0 Å². The van der Waals surface area contributed by atoms with Crippen LogP contribution in [0.2, 0.25) is 0 Å². The third-order valence-electron chi connectivity index (χ3n) is 7.15. The molecule has 0 bridgehead atoms. The number of nitrogens with one attached hydrogen (secondary N) is 2. The number of hydrogen-bond donors (Lipinski definition) is 2. The van der Waals surface area contributed by atoms with Gasteiger partial charge >= 0.3 is 0 Å². The molecule has 5 rings (SSSR count). The van der Waals surface area contributed by atoms with Crippen molar-refractivity contribution in [1.29, 1.82) is 0 Å². The Kier molecular flexibility index (Phi) is 7.25. The van der Waals surface area contributed by atoms with E-state index in [-0.39, 0.29) is 11.9 Å². The maximum Gasteiger partial charge on any atom is 0.278 e. The fourth-order valence-corrected chi connectivity index (χ4v) is 6.14. The molecule has 3 aromatic rings. The Morgan fingerprint density at radius 1 is 1.28 bits per heavy atom. The van der Waals surface area contributed by atoms with E-state index in [1.165, 1.54) is 11.3 Å². The summed E-state index contributed by atoms with van der Waals surface area (Å²) in [6.45, 7) is 4.83. The summed E-state index contributed by atoms with van der Waals surface area (Å²) in [4.78, 5) is 28.6. The van der Waals surface area contributed by atoms with E-state index in [9.17, 15) is 13.6 Å². The number of rotatable bonds is 8. The zero-order valence-electron chi connectivity index (χ0n) is 20.8. The molecule has 3 heterocycles. The molecule has 2 aromatic heterocycles. The van der Waals surface area contributed by atoms with Gasteiger partial charge in [0.15, 0.2) is 6.61 Å². The van der Waals surface area contributed by atoms with Gasteiger partial charge in [-0.3, -0.25) is 9.69 Å². The predicted octanol–water partition coefficient (Wildman–Crippen LogP) is 5.10. The van der Waals surface area contributed by atoms with Gasteiger partial charge in [-0.25, -0.2) is 18.7 Å². The van der Waals surface area contributed by atoms with E-state index >= 15 is 0 Å². The lowest BCUT2D eigenvalue weighted by molar-refractivity contribution is -0.0230. The Labute approximate surface area is 213 Å². The highest BCUT2D eigenvalue weighted by molar-refractivity contribution is 7.13. The monoisotopic (exact) mass is 517 g/mol. The smallest absolute Gasteiger partial charge is 0.278 e. The molecule has 2 aliphatic rings. The first-order valence-corrected chi connectivity index (χ1v) is 13.5.